The van der Waals surface area contributed by atoms with E-state index in [4.69, 9.17) is 0 Å². The molecular weight excluding hydrogens is 411 g/mol. The summed E-state index contributed by atoms with van der Waals surface area (Å²) in [5, 5.41) is 13.3. The summed E-state index contributed by atoms with van der Waals surface area (Å²) in [6.07, 6.45) is 0. The van der Waals surface area contributed by atoms with Crippen LogP contribution in [0.4, 0.5) is 15.8 Å². The number of carbonyl (C=O) groups is 1. The summed E-state index contributed by atoms with van der Waals surface area (Å²) < 4.78 is 13.7. The lowest BCUT2D eigenvalue weighted by molar-refractivity contribution is -0.384. The van der Waals surface area contributed by atoms with Gasteiger partial charge in [-0.15, -0.1) is 0 Å². The van der Waals surface area contributed by atoms with Crippen LogP contribution in [0.15, 0.2) is 45.3 Å². The molecule has 21 heavy (non-hydrogen) atoms. The molecule has 8 heteroatoms. The van der Waals surface area contributed by atoms with E-state index >= 15 is 0 Å². The molecule has 0 heterocycles. The van der Waals surface area contributed by atoms with Crippen LogP contribution in [0, 0.1) is 15.9 Å². The molecule has 2 aromatic rings. The van der Waals surface area contributed by atoms with E-state index in [2.05, 4.69) is 37.2 Å². The zero-order chi connectivity index (χ0) is 15.6. The van der Waals surface area contributed by atoms with Crippen molar-refractivity contribution in [2.24, 2.45) is 0 Å². The van der Waals surface area contributed by atoms with E-state index in [0.717, 1.165) is 0 Å². The maximum absolute atomic E-state index is 13.1. The van der Waals surface area contributed by atoms with Crippen LogP contribution in [0.25, 0.3) is 0 Å². The smallest absolute Gasteiger partial charge is 0.271 e. The van der Waals surface area contributed by atoms with E-state index in [0.29, 0.717) is 10.2 Å². The maximum Gasteiger partial charge on any atom is 0.271 e. The SMILES string of the molecule is O=C(Nc1ccc(F)c(Br)c1)c1cc(Br)cc([N+](=O)[O-])c1. The lowest BCUT2D eigenvalue weighted by atomic mass is 10.2. The van der Waals surface area contributed by atoms with Crippen molar-refractivity contribution < 1.29 is 14.1 Å². The van der Waals surface area contributed by atoms with E-state index < -0.39 is 16.6 Å². The minimum absolute atomic E-state index is 0.122. The molecule has 0 aliphatic rings. The third kappa shape index (κ3) is 3.85. The highest BCUT2D eigenvalue weighted by molar-refractivity contribution is 9.10. The average Bonchev–Trinajstić information content (AvgIpc) is 2.42. The first-order valence-corrected chi connectivity index (χ1v) is 7.17. The molecule has 2 rings (SSSR count). The molecule has 0 aliphatic heterocycles. The Kier molecular flexibility index (Phi) is 4.69. The van der Waals surface area contributed by atoms with Gasteiger partial charge in [0, 0.05) is 27.9 Å². The Morgan fingerprint density at radius 2 is 1.90 bits per heavy atom. The van der Waals surface area contributed by atoms with E-state index in [-0.39, 0.29) is 15.7 Å². The highest BCUT2D eigenvalue weighted by Gasteiger charge is 2.14. The number of nitro groups is 1. The van der Waals surface area contributed by atoms with Gasteiger partial charge in [-0.2, -0.15) is 0 Å². The quantitative estimate of drug-likeness (QED) is 0.589. The lowest BCUT2D eigenvalue weighted by Gasteiger charge is -2.06. The minimum atomic E-state index is -0.587. The van der Waals surface area contributed by atoms with Crippen molar-refractivity contribution in [2.45, 2.75) is 0 Å². The Morgan fingerprint density at radius 3 is 2.52 bits per heavy atom. The van der Waals surface area contributed by atoms with Crippen LogP contribution in [0.1, 0.15) is 10.4 Å². The summed E-state index contributed by atoms with van der Waals surface area (Å²) in [6, 6.07) is 7.91. The van der Waals surface area contributed by atoms with E-state index in [9.17, 15) is 19.3 Å². The average molecular weight is 418 g/mol. The molecule has 0 fully saturated rings. The fraction of sp³-hybridized carbons (Fsp3) is 0. The minimum Gasteiger partial charge on any atom is -0.322 e. The molecule has 0 saturated carbocycles. The number of hydrogen-bond donors (Lipinski definition) is 1. The van der Waals surface area contributed by atoms with Gasteiger partial charge in [0.15, 0.2) is 0 Å². The van der Waals surface area contributed by atoms with Gasteiger partial charge < -0.3 is 5.32 Å². The normalized spacial score (nSPS) is 10.2. The van der Waals surface area contributed by atoms with Gasteiger partial charge >= 0.3 is 0 Å². The van der Waals surface area contributed by atoms with Crippen LogP contribution < -0.4 is 5.32 Å². The molecule has 0 saturated heterocycles. The Bertz CT molecular complexity index is 737. The number of non-ortho nitro benzene ring substituents is 1. The summed E-state index contributed by atoms with van der Waals surface area (Å²) in [5.74, 6) is -0.982. The molecule has 0 bridgehead atoms. The fourth-order valence-electron chi connectivity index (χ4n) is 1.59. The van der Waals surface area contributed by atoms with Crippen molar-refractivity contribution in [3.8, 4) is 0 Å². The van der Waals surface area contributed by atoms with Crippen molar-refractivity contribution in [3.05, 3.63) is 66.8 Å². The standard InChI is InChI=1S/C13H7Br2FN2O3/c14-8-3-7(4-10(5-8)18(20)21)13(19)17-9-1-2-12(16)11(15)6-9/h1-6H,(H,17,19). The number of benzene rings is 2. The Morgan fingerprint density at radius 1 is 1.19 bits per heavy atom. The third-order valence-corrected chi connectivity index (χ3v) is 3.60. The first-order valence-electron chi connectivity index (χ1n) is 5.58. The number of rotatable bonds is 3. The number of anilines is 1. The predicted octanol–water partition coefficient (Wildman–Crippen LogP) is 4.51. The number of carbonyl (C=O) groups excluding carboxylic acids is 1. The van der Waals surface area contributed by atoms with Gasteiger partial charge in [0.05, 0.1) is 9.40 Å². The maximum atomic E-state index is 13.1. The molecule has 0 spiro atoms. The van der Waals surface area contributed by atoms with E-state index in [1.165, 1.54) is 36.4 Å². The van der Waals surface area contributed by atoms with Crippen LogP contribution in [0.5, 0.6) is 0 Å². The molecule has 0 radical (unpaired) electrons. The van der Waals surface area contributed by atoms with E-state index in [1.807, 2.05) is 0 Å². The van der Waals surface area contributed by atoms with Crippen molar-refractivity contribution in [2.75, 3.05) is 5.32 Å². The second-order valence-electron chi connectivity index (χ2n) is 4.04. The molecule has 1 amide bonds. The molecule has 0 unspecified atom stereocenters. The second-order valence-corrected chi connectivity index (χ2v) is 5.81. The summed E-state index contributed by atoms with van der Waals surface area (Å²) in [5.41, 5.74) is 0.294. The predicted molar refractivity (Wildman–Crippen MR) is 82.8 cm³/mol. The van der Waals surface area contributed by atoms with E-state index in [1.54, 1.807) is 0 Å². The highest BCUT2D eigenvalue weighted by atomic mass is 79.9. The first-order chi connectivity index (χ1) is 9.86. The van der Waals surface area contributed by atoms with Gasteiger partial charge in [0.25, 0.3) is 11.6 Å². The van der Waals surface area contributed by atoms with Crippen LogP contribution in [-0.4, -0.2) is 10.8 Å². The summed E-state index contributed by atoms with van der Waals surface area (Å²) >= 11 is 6.13. The molecule has 2 aromatic carbocycles. The van der Waals surface area contributed by atoms with Gasteiger partial charge in [-0.05, 0) is 40.2 Å². The number of nitrogens with zero attached hydrogens (tertiary/aromatic N) is 1. The van der Waals surface area contributed by atoms with Gasteiger partial charge in [0.2, 0.25) is 0 Å². The molecule has 0 aliphatic carbocycles. The van der Waals surface area contributed by atoms with Gasteiger partial charge in [-0.25, -0.2) is 4.39 Å². The first kappa shape index (κ1) is 15.6. The Labute approximate surface area is 135 Å². The molecule has 108 valence electrons. The summed E-state index contributed by atoms with van der Waals surface area (Å²) in [7, 11) is 0. The van der Waals surface area contributed by atoms with Crippen LogP contribution in [0.2, 0.25) is 0 Å². The number of halogens is 3. The van der Waals surface area contributed by atoms with Gasteiger partial charge in [-0.1, -0.05) is 15.9 Å². The summed E-state index contributed by atoms with van der Waals surface area (Å²) in [6.45, 7) is 0. The summed E-state index contributed by atoms with van der Waals surface area (Å²) in [4.78, 5) is 22.3. The number of amides is 1. The number of hydrogen-bond acceptors (Lipinski definition) is 3. The van der Waals surface area contributed by atoms with Gasteiger partial charge in [-0.3, -0.25) is 14.9 Å². The largest absolute Gasteiger partial charge is 0.322 e. The van der Waals surface area contributed by atoms with Crippen LogP contribution in [-0.2, 0) is 0 Å². The van der Waals surface area contributed by atoms with Crippen molar-refractivity contribution in [1.29, 1.82) is 0 Å². The third-order valence-electron chi connectivity index (χ3n) is 2.53. The highest BCUT2D eigenvalue weighted by Crippen LogP contribution is 2.23. The van der Waals surface area contributed by atoms with Crippen LogP contribution in [0.3, 0.4) is 0 Å². The Balaban J connectivity index is 2.27. The molecule has 0 atom stereocenters. The molecule has 1 N–H and O–H groups in total. The zero-order valence-corrected chi connectivity index (χ0v) is 13.4. The topological polar surface area (TPSA) is 72.2 Å². The van der Waals surface area contributed by atoms with Crippen molar-refractivity contribution in [3.63, 3.8) is 0 Å². The number of nitrogens with one attached hydrogen (secondary N) is 1. The molecule has 0 aromatic heterocycles. The zero-order valence-electron chi connectivity index (χ0n) is 10.3. The Hall–Kier alpha value is -1.80. The van der Waals surface area contributed by atoms with Crippen molar-refractivity contribution >= 4 is 49.1 Å². The molecular formula is C13H7Br2FN2O3. The second kappa shape index (κ2) is 6.31. The van der Waals surface area contributed by atoms with Gasteiger partial charge in [0.1, 0.15) is 5.82 Å². The van der Waals surface area contributed by atoms with Crippen molar-refractivity contribution in [1.82, 2.24) is 0 Å². The monoisotopic (exact) mass is 416 g/mol. The lowest BCUT2D eigenvalue weighted by Crippen LogP contribution is -2.12. The number of nitro benzene ring substituents is 1. The fourth-order valence-corrected chi connectivity index (χ4v) is 2.45. The molecule has 5 nitrogen and oxygen atoms in total. The van der Waals surface area contributed by atoms with Crippen LogP contribution >= 0.6 is 31.9 Å².